The lowest BCUT2D eigenvalue weighted by molar-refractivity contribution is -0.145. The van der Waals surface area contributed by atoms with Gasteiger partial charge in [-0.15, -0.1) is 0 Å². The molecule has 3 rings (SSSR count). The highest BCUT2D eigenvalue weighted by Gasteiger charge is 2.35. The first-order chi connectivity index (χ1) is 14.4. The molecular weight excluding hydrogens is 417 g/mol. The van der Waals surface area contributed by atoms with Crippen LogP contribution in [0.25, 0.3) is 0 Å². The van der Waals surface area contributed by atoms with Crippen molar-refractivity contribution in [3.63, 3.8) is 0 Å². The topological polar surface area (TPSA) is 96.8 Å². The van der Waals surface area contributed by atoms with Crippen LogP contribution in [0.5, 0.6) is 11.5 Å². The van der Waals surface area contributed by atoms with Crippen molar-refractivity contribution in [1.82, 2.24) is 15.3 Å². The van der Waals surface area contributed by atoms with Gasteiger partial charge in [-0.05, 0) is 32.9 Å². The number of benzene rings is 1. The van der Waals surface area contributed by atoms with Crippen LogP contribution in [0.4, 0.5) is 23.7 Å². The van der Waals surface area contributed by atoms with E-state index in [-0.39, 0.29) is 12.3 Å². The highest BCUT2D eigenvalue weighted by molar-refractivity contribution is 5.68. The average molecular weight is 440 g/mol. The second-order valence-electron chi connectivity index (χ2n) is 8.06. The Bertz CT molecular complexity index is 916. The van der Waals surface area contributed by atoms with E-state index >= 15 is 0 Å². The lowest BCUT2D eigenvalue weighted by atomic mass is 10.2. The van der Waals surface area contributed by atoms with E-state index in [9.17, 15) is 23.1 Å². The summed E-state index contributed by atoms with van der Waals surface area (Å²) >= 11 is 0. The molecule has 1 amide bonds. The molecule has 1 saturated heterocycles. The minimum atomic E-state index is -4.63. The molecule has 0 aliphatic carbocycles. The van der Waals surface area contributed by atoms with E-state index in [2.05, 4.69) is 15.3 Å². The molecule has 0 bridgehead atoms. The monoisotopic (exact) mass is 440 g/mol. The van der Waals surface area contributed by atoms with E-state index in [1.165, 1.54) is 0 Å². The van der Waals surface area contributed by atoms with Gasteiger partial charge in [0.05, 0.1) is 24.5 Å². The minimum Gasteiger partial charge on any atom is -0.454 e. The molecular formula is C20H23F3N4O4. The van der Waals surface area contributed by atoms with E-state index < -0.39 is 35.8 Å². The molecule has 31 heavy (non-hydrogen) atoms. The predicted molar refractivity (Wildman–Crippen MR) is 105 cm³/mol. The number of amides is 1. The standard InChI is InChI=1S/C20H23F3N4O4/c1-19(2,3)31-18(29)26-15-10-27(11-16(15)28)12-5-4-6-13(7-12)30-14-8-24-17(25-9-14)20(21,22)23/h4-9,15-16,28H,10-11H2,1-3H3,(H,26,29)/t15-,16+/m1/s1. The van der Waals surface area contributed by atoms with Gasteiger partial charge in [0.25, 0.3) is 0 Å². The number of hydrogen-bond donors (Lipinski definition) is 2. The van der Waals surface area contributed by atoms with Crippen molar-refractivity contribution < 1.29 is 32.5 Å². The number of anilines is 1. The number of aliphatic hydroxyl groups is 1. The number of carbonyl (C=O) groups excluding carboxylic acids is 1. The van der Waals surface area contributed by atoms with Gasteiger partial charge in [0.1, 0.15) is 11.4 Å². The molecule has 1 aromatic heterocycles. The smallest absolute Gasteiger partial charge is 0.451 e. The maximum atomic E-state index is 12.6. The van der Waals surface area contributed by atoms with Crippen molar-refractivity contribution in [1.29, 1.82) is 0 Å². The van der Waals surface area contributed by atoms with Gasteiger partial charge in [-0.2, -0.15) is 13.2 Å². The number of halogens is 3. The van der Waals surface area contributed by atoms with Gasteiger partial charge in [0, 0.05) is 24.8 Å². The molecule has 2 heterocycles. The van der Waals surface area contributed by atoms with E-state index in [0.29, 0.717) is 18.0 Å². The lowest BCUT2D eigenvalue weighted by Crippen LogP contribution is -2.45. The van der Waals surface area contributed by atoms with Gasteiger partial charge in [-0.25, -0.2) is 14.8 Å². The third kappa shape index (κ3) is 6.20. The first kappa shape index (κ1) is 22.6. The van der Waals surface area contributed by atoms with E-state index in [4.69, 9.17) is 9.47 Å². The van der Waals surface area contributed by atoms with Crippen LogP contribution in [0.1, 0.15) is 26.6 Å². The van der Waals surface area contributed by atoms with Crippen LogP contribution in [0.2, 0.25) is 0 Å². The largest absolute Gasteiger partial charge is 0.454 e. The zero-order valence-electron chi connectivity index (χ0n) is 17.2. The summed E-state index contributed by atoms with van der Waals surface area (Å²) in [5.74, 6) is -0.835. The normalized spacial score (nSPS) is 19.3. The number of ether oxygens (including phenoxy) is 2. The molecule has 1 aliphatic rings. The number of aromatic nitrogens is 2. The van der Waals surface area contributed by atoms with Gasteiger partial charge in [0.2, 0.25) is 5.82 Å². The lowest BCUT2D eigenvalue weighted by Gasteiger charge is -2.23. The number of rotatable bonds is 4. The summed E-state index contributed by atoms with van der Waals surface area (Å²) in [7, 11) is 0. The van der Waals surface area contributed by atoms with Gasteiger partial charge < -0.3 is 24.8 Å². The Morgan fingerprint density at radius 1 is 1.16 bits per heavy atom. The Balaban J connectivity index is 1.64. The molecule has 0 unspecified atom stereocenters. The number of nitrogens with one attached hydrogen (secondary N) is 1. The Kier molecular flexibility index (Phi) is 6.25. The summed E-state index contributed by atoms with van der Waals surface area (Å²) in [5.41, 5.74) is 0.0546. The molecule has 168 valence electrons. The second kappa shape index (κ2) is 8.58. The third-order valence-electron chi connectivity index (χ3n) is 4.29. The van der Waals surface area contributed by atoms with Crippen LogP contribution >= 0.6 is 0 Å². The second-order valence-corrected chi connectivity index (χ2v) is 8.06. The van der Waals surface area contributed by atoms with E-state index in [0.717, 1.165) is 12.4 Å². The molecule has 1 fully saturated rings. The SMILES string of the molecule is CC(C)(C)OC(=O)N[C@@H]1CN(c2cccc(Oc3cnc(C(F)(F)F)nc3)c2)C[C@@H]1O. The van der Waals surface area contributed by atoms with Crippen LogP contribution in [0, 0.1) is 0 Å². The molecule has 8 nitrogen and oxygen atoms in total. The molecule has 11 heteroatoms. The number of aliphatic hydroxyl groups excluding tert-OH is 1. The van der Waals surface area contributed by atoms with Gasteiger partial charge in [-0.1, -0.05) is 6.07 Å². The molecule has 0 radical (unpaired) electrons. The maximum Gasteiger partial charge on any atom is 0.451 e. The number of alkyl carbamates (subject to hydrolysis) is 1. The van der Waals surface area contributed by atoms with Crippen LogP contribution in [-0.4, -0.2) is 52.0 Å². The Morgan fingerprint density at radius 2 is 1.84 bits per heavy atom. The first-order valence-electron chi connectivity index (χ1n) is 9.50. The average Bonchev–Trinajstić information content (AvgIpc) is 3.00. The van der Waals surface area contributed by atoms with Crippen molar-refractivity contribution in [2.45, 2.75) is 44.7 Å². The zero-order valence-corrected chi connectivity index (χ0v) is 17.2. The molecule has 2 aromatic rings. The number of β-amino-alcohol motifs (C(OH)–C–C–N with tert-alkyl or cyclic N) is 1. The Labute approximate surface area is 177 Å². The number of alkyl halides is 3. The quantitative estimate of drug-likeness (QED) is 0.753. The molecule has 2 atom stereocenters. The Hall–Kier alpha value is -3.08. The first-order valence-corrected chi connectivity index (χ1v) is 9.50. The van der Waals surface area contributed by atoms with Gasteiger partial charge in [0.15, 0.2) is 5.75 Å². The minimum absolute atomic E-state index is 0.0519. The fraction of sp³-hybridized carbons (Fsp3) is 0.450. The predicted octanol–water partition coefficient (Wildman–Crippen LogP) is 3.36. The summed E-state index contributed by atoms with van der Waals surface area (Å²) in [6.07, 6.45) is -4.15. The molecule has 1 aromatic carbocycles. The number of nitrogens with zero attached hydrogens (tertiary/aromatic N) is 3. The maximum absolute atomic E-state index is 12.6. The zero-order chi connectivity index (χ0) is 22.8. The summed E-state index contributed by atoms with van der Waals surface area (Å²) in [4.78, 5) is 20.4. The molecule has 1 aliphatic heterocycles. The van der Waals surface area contributed by atoms with Gasteiger partial charge in [-0.3, -0.25) is 0 Å². The fourth-order valence-electron chi connectivity index (χ4n) is 2.99. The van der Waals surface area contributed by atoms with Gasteiger partial charge >= 0.3 is 12.3 Å². The number of carbonyl (C=O) groups is 1. The summed E-state index contributed by atoms with van der Waals surface area (Å²) in [6.45, 7) is 5.85. The van der Waals surface area contributed by atoms with Crippen LogP contribution in [0.15, 0.2) is 36.7 Å². The summed E-state index contributed by atoms with van der Waals surface area (Å²) in [5, 5.41) is 13.0. The van der Waals surface area contributed by atoms with Crippen LogP contribution in [0.3, 0.4) is 0 Å². The summed E-state index contributed by atoms with van der Waals surface area (Å²) < 4.78 is 48.5. The van der Waals surface area contributed by atoms with E-state index in [1.807, 2.05) is 4.90 Å². The highest BCUT2D eigenvalue weighted by Crippen LogP contribution is 2.30. The third-order valence-corrected chi connectivity index (χ3v) is 4.29. The Morgan fingerprint density at radius 3 is 2.45 bits per heavy atom. The van der Waals surface area contributed by atoms with Crippen molar-refractivity contribution in [3.05, 3.63) is 42.5 Å². The highest BCUT2D eigenvalue weighted by atomic mass is 19.4. The van der Waals surface area contributed by atoms with Crippen molar-refractivity contribution in [2.24, 2.45) is 0 Å². The fourth-order valence-corrected chi connectivity index (χ4v) is 2.99. The molecule has 0 spiro atoms. The van der Waals surface area contributed by atoms with Crippen molar-refractivity contribution in [3.8, 4) is 11.5 Å². The van der Waals surface area contributed by atoms with E-state index in [1.54, 1.807) is 45.0 Å². The van der Waals surface area contributed by atoms with Crippen molar-refractivity contribution >= 4 is 11.8 Å². The van der Waals surface area contributed by atoms with Crippen LogP contribution < -0.4 is 15.0 Å². The van der Waals surface area contributed by atoms with Crippen LogP contribution in [-0.2, 0) is 10.9 Å². The number of hydrogen-bond acceptors (Lipinski definition) is 7. The molecule has 0 saturated carbocycles. The summed E-state index contributed by atoms with van der Waals surface area (Å²) in [6, 6.07) is 6.27. The van der Waals surface area contributed by atoms with Crippen molar-refractivity contribution in [2.75, 3.05) is 18.0 Å². The molecule has 2 N–H and O–H groups in total.